The van der Waals surface area contributed by atoms with Gasteiger partial charge in [0.25, 0.3) is 0 Å². The van der Waals surface area contributed by atoms with Gasteiger partial charge >= 0.3 is 0 Å². The van der Waals surface area contributed by atoms with Crippen LogP contribution in [-0.4, -0.2) is 26.7 Å². The molecule has 136 valence electrons. The Kier molecular flexibility index (Phi) is 3.68. The molecule has 3 aliphatic carbocycles. The summed E-state index contributed by atoms with van der Waals surface area (Å²) in [5.74, 6) is 2.95. The van der Waals surface area contributed by atoms with E-state index < -0.39 is 0 Å². The van der Waals surface area contributed by atoms with Crippen molar-refractivity contribution in [3.8, 4) is 0 Å². The van der Waals surface area contributed by atoms with Crippen molar-refractivity contribution in [2.75, 3.05) is 4.90 Å². The minimum absolute atomic E-state index is 0.124. The summed E-state index contributed by atoms with van der Waals surface area (Å²) in [7, 11) is 0. The number of fused-ring (bicyclic) bond motifs is 4. The molecule has 1 aromatic heterocycles. The summed E-state index contributed by atoms with van der Waals surface area (Å²) in [5.41, 5.74) is 0.124. The second kappa shape index (κ2) is 5.82. The van der Waals surface area contributed by atoms with Crippen molar-refractivity contribution in [1.82, 2.24) is 14.8 Å². The van der Waals surface area contributed by atoms with Gasteiger partial charge in [-0.2, -0.15) is 10.1 Å². The van der Waals surface area contributed by atoms with Crippen LogP contribution in [0.25, 0.3) is 0 Å². The minimum Gasteiger partial charge on any atom is -0.277 e. The molecule has 5 rings (SSSR count). The predicted molar refractivity (Wildman–Crippen MR) is 96.4 cm³/mol. The van der Waals surface area contributed by atoms with Crippen LogP contribution in [-0.2, 0) is 16.8 Å². The van der Waals surface area contributed by atoms with Gasteiger partial charge in [-0.1, -0.05) is 39.0 Å². The molecule has 2 unspecified atom stereocenters. The number of aryl methyl sites for hydroxylation is 1. The van der Waals surface area contributed by atoms with Gasteiger partial charge in [-0.3, -0.25) is 9.69 Å². The second-order valence-corrected chi connectivity index (χ2v) is 8.70. The number of aromatic nitrogens is 3. The number of carbonyl (C=O) groups is 1. The van der Waals surface area contributed by atoms with E-state index in [1.165, 1.54) is 51.4 Å². The second-order valence-electron chi connectivity index (χ2n) is 8.70. The molecule has 4 aliphatic rings. The van der Waals surface area contributed by atoms with Gasteiger partial charge in [0.15, 0.2) is 5.82 Å². The Morgan fingerprint density at radius 3 is 2.56 bits per heavy atom. The van der Waals surface area contributed by atoms with Gasteiger partial charge in [0.2, 0.25) is 11.9 Å². The normalized spacial score (nSPS) is 30.8. The average molecular weight is 342 g/mol. The Labute approximate surface area is 150 Å². The fraction of sp³-hybridized carbons (Fsp3) is 0.850. The van der Waals surface area contributed by atoms with E-state index in [2.05, 4.69) is 16.5 Å². The lowest BCUT2D eigenvalue weighted by molar-refractivity contribution is -0.122. The SMILES string of the molecule is CCc1nc2n(n1)C1(CCCCC1)C1CCCCC1N2C(=O)C1CC1. The molecule has 0 N–H and O–H groups in total. The molecule has 5 nitrogen and oxygen atoms in total. The first-order valence-corrected chi connectivity index (χ1v) is 10.5. The zero-order valence-corrected chi connectivity index (χ0v) is 15.4. The van der Waals surface area contributed by atoms with Crippen molar-refractivity contribution in [1.29, 1.82) is 0 Å². The van der Waals surface area contributed by atoms with Crippen LogP contribution >= 0.6 is 0 Å². The van der Waals surface area contributed by atoms with E-state index in [1.807, 2.05) is 0 Å². The van der Waals surface area contributed by atoms with E-state index in [1.54, 1.807) is 0 Å². The van der Waals surface area contributed by atoms with Crippen molar-refractivity contribution in [2.45, 2.75) is 95.6 Å². The van der Waals surface area contributed by atoms with Crippen LogP contribution in [0.15, 0.2) is 0 Å². The van der Waals surface area contributed by atoms with Crippen molar-refractivity contribution < 1.29 is 4.79 Å². The topological polar surface area (TPSA) is 51.0 Å². The van der Waals surface area contributed by atoms with E-state index in [9.17, 15) is 4.79 Å². The molecule has 3 fully saturated rings. The van der Waals surface area contributed by atoms with E-state index in [0.29, 0.717) is 17.9 Å². The Hall–Kier alpha value is -1.39. The molecular formula is C20H30N4O. The van der Waals surface area contributed by atoms with E-state index >= 15 is 0 Å². The molecule has 25 heavy (non-hydrogen) atoms. The highest BCUT2D eigenvalue weighted by molar-refractivity contribution is 5.96. The van der Waals surface area contributed by atoms with Crippen molar-refractivity contribution in [3.05, 3.63) is 5.82 Å². The molecule has 0 saturated heterocycles. The molecule has 1 amide bonds. The van der Waals surface area contributed by atoms with Crippen LogP contribution in [0.3, 0.4) is 0 Å². The van der Waals surface area contributed by atoms with Crippen LogP contribution in [0.4, 0.5) is 5.95 Å². The van der Waals surface area contributed by atoms with Crippen LogP contribution < -0.4 is 4.90 Å². The van der Waals surface area contributed by atoms with Crippen LogP contribution in [0.2, 0.25) is 0 Å². The third-order valence-electron chi connectivity index (χ3n) is 7.22. The van der Waals surface area contributed by atoms with Crippen LogP contribution in [0.5, 0.6) is 0 Å². The Bertz CT molecular complexity index is 671. The van der Waals surface area contributed by atoms with Gasteiger partial charge in [0.1, 0.15) is 0 Å². The standard InChI is InChI=1S/C20H30N4O/c1-2-17-21-19-23(18(25)14-10-11-14)16-9-5-4-8-15(16)20(24(19)22-17)12-6-3-7-13-20/h14-16H,2-13H2,1H3. The summed E-state index contributed by atoms with van der Waals surface area (Å²) in [5, 5.41) is 4.96. The van der Waals surface area contributed by atoms with Crippen LogP contribution in [0, 0.1) is 11.8 Å². The zero-order valence-electron chi connectivity index (χ0n) is 15.4. The Morgan fingerprint density at radius 2 is 1.84 bits per heavy atom. The quantitative estimate of drug-likeness (QED) is 0.821. The number of anilines is 1. The van der Waals surface area contributed by atoms with E-state index in [-0.39, 0.29) is 11.5 Å². The molecule has 2 atom stereocenters. The highest BCUT2D eigenvalue weighted by Crippen LogP contribution is 2.53. The summed E-state index contributed by atoms with van der Waals surface area (Å²) in [4.78, 5) is 20.2. The number of hydrogen-bond acceptors (Lipinski definition) is 3. The number of nitrogens with zero attached hydrogens (tertiary/aromatic N) is 4. The molecule has 2 heterocycles. The zero-order chi connectivity index (χ0) is 17.0. The summed E-state index contributed by atoms with van der Waals surface area (Å²) >= 11 is 0. The lowest BCUT2D eigenvalue weighted by Crippen LogP contribution is -2.61. The maximum atomic E-state index is 13.2. The average Bonchev–Trinajstić information content (AvgIpc) is 3.42. The highest BCUT2D eigenvalue weighted by Gasteiger charge is 2.56. The monoisotopic (exact) mass is 342 g/mol. The number of carbonyl (C=O) groups excluding carboxylic acids is 1. The van der Waals surface area contributed by atoms with Gasteiger partial charge < -0.3 is 0 Å². The number of hydrogen-bond donors (Lipinski definition) is 0. The largest absolute Gasteiger partial charge is 0.277 e. The van der Waals surface area contributed by atoms with Gasteiger partial charge in [0, 0.05) is 24.3 Å². The van der Waals surface area contributed by atoms with E-state index in [0.717, 1.165) is 37.5 Å². The fourth-order valence-electron chi connectivity index (χ4n) is 5.84. The number of amides is 1. The smallest absolute Gasteiger partial charge is 0.232 e. The molecular weight excluding hydrogens is 312 g/mol. The number of rotatable bonds is 2. The molecule has 0 bridgehead atoms. The summed E-state index contributed by atoms with van der Waals surface area (Å²) in [6, 6.07) is 0.362. The van der Waals surface area contributed by atoms with E-state index in [4.69, 9.17) is 10.1 Å². The Morgan fingerprint density at radius 1 is 1.08 bits per heavy atom. The molecule has 1 aliphatic heterocycles. The molecule has 3 saturated carbocycles. The summed E-state index contributed by atoms with van der Waals surface area (Å²) < 4.78 is 2.25. The maximum Gasteiger partial charge on any atom is 0.232 e. The van der Waals surface area contributed by atoms with Gasteiger partial charge in [-0.25, -0.2) is 4.68 Å². The summed E-state index contributed by atoms with van der Waals surface area (Å²) in [6.45, 7) is 2.12. The highest BCUT2D eigenvalue weighted by atomic mass is 16.2. The van der Waals surface area contributed by atoms with Crippen molar-refractivity contribution in [3.63, 3.8) is 0 Å². The third-order valence-corrected chi connectivity index (χ3v) is 7.22. The first kappa shape index (κ1) is 15.8. The fourth-order valence-corrected chi connectivity index (χ4v) is 5.84. The third kappa shape index (κ3) is 2.30. The first-order valence-electron chi connectivity index (χ1n) is 10.5. The molecule has 5 heteroatoms. The van der Waals surface area contributed by atoms with Crippen molar-refractivity contribution >= 4 is 11.9 Å². The summed E-state index contributed by atoms with van der Waals surface area (Å²) in [6.07, 6.45) is 14.3. The first-order chi connectivity index (χ1) is 12.2. The molecule has 0 radical (unpaired) electrons. The maximum absolute atomic E-state index is 13.2. The van der Waals surface area contributed by atoms with Gasteiger partial charge in [-0.05, 0) is 38.5 Å². The van der Waals surface area contributed by atoms with Crippen molar-refractivity contribution in [2.24, 2.45) is 11.8 Å². The minimum atomic E-state index is 0.124. The van der Waals surface area contributed by atoms with Crippen LogP contribution in [0.1, 0.15) is 83.4 Å². The lowest BCUT2D eigenvalue weighted by atomic mass is 9.64. The predicted octanol–water partition coefficient (Wildman–Crippen LogP) is 3.82. The van der Waals surface area contributed by atoms with Gasteiger partial charge in [-0.15, -0.1) is 0 Å². The lowest BCUT2D eigenvalue weighted by Gasteiger charge is -2.55. The molecule has 1 spiro atoms. The molecule has 0 aromatic carbocycles. The molecule has 1 aromatic rings. The Balaban J connectivity index is 1.67. The van der Waals surface area contributed by atoms with Gasteiger partial charge in [0.05, 0.1) is 5.54 Å².